The summed E-state index contributed by atoms with van der Waals surface area (Å²) in [5.41, 5.74) is 1.70. The van der Waals surface area contributed by atoms with Crippen LogP contribution in [0.2, 0.25) is 0 Å². The third-order valence-electron chi connectivity index (χ3n) is 3.55. The number of fused-ring (bicyclic) bond motifs is 1. The van der Waals surface area contributed by atoms with E-state index in [1.807, 2.05) is 49.7 Å². The highest BCUT2D eigenvalue weighted by Gasteiger charge is 2.08. The molecule has 2 heterocycles. The lowest BCUT2D eigenvalue weighted by molar-refractivity contribution is 0.231. The highest BCUT2D eigenvalue weighted by atomic mass is 32.1. The Hall–Kier alpha value is -2.18. The standard InChI is InChI=1S/C17H19N3O2S/c1-13-12-23-17-18-14(10-16(21)20(13)17)11-19(2)8-9-22-15-6-4-3-5-7-15/h3-7,10,12H,8-9,11H2,1-2H3. The van der Waals surface area contributed by atoms with Crippen molar-refractivity contribution in [2.45, 2.75) is 13.5 Å². The minimum absolute atomic E-state index is 0.0160. The Kier molecular flexibility index (Phi) is 4.73. The topological polar surface area (TPSA) is 46.8 Å². The summed E-state index contributed by atoms with van der Waals surface area (Å²) in [7, 11) is 2.00. The second kappa shape index (κ2) is 6.93. The zero-order valence-electron chi connectivity index (χ0n) is 13.2. The van der Waals surface area contributed by atoms with Gasteiger partial charge in [-0.05, 0) is 26.1 Å². The Balaban J connectivity index is 1.59. The molecule has 0 unspecified atom stereocenters. The SMILES string of the molecule is Cc1csc2nc(CN(C)CCOc3ccccc3)cc(=O)n12. The smallest absolute Gasteiger partial charge is 0.259 e. The number of benzene rings is 1. The molecule has 1 aromatic carbocycles. The minimum Gasteiger partial charge on any atom is -0.492 e. The lowest BCUT2D eigenvalue weighted by Gasteiger charge is -2.16. The minimum atomic E-state index is -0.0160. The van der Waals surface area contributed by atoms with Crippen molar-refractivity contribution in [3.63, 3.8) is 0 Å². The molecule has 3 rings (SSSR count). The molecule has 23 heavy (non-hydrogen) atoms. The molecule has 0 saturated heterocycles. The monoisotopic (exact) mass is 329 g/mol. The van der Waals surface area contributed by atoms with Gasteiger partial charge in [0, 0.05) is 30.2 Å². The second-order valence-corrected chi connectivity index (χ2v) is 6.32. The molecule has 6 heteroatoms. The van der Waals surface area contributed by atoms with E-state index in [0.717, 1.165) is 28.6 Å². The van der Waals surface area contributed by atoms with Crippen molar-refractivity contribution in [3.8, 4) is 5.75 Å². The van der Waals surface area contributed by atoms with E-state index in [9.17, 15) is 4.79 Å². The molecule has 0 radical (unpaired) electrons. The molecule has 0 amide bonds. The number of para-hydroxylation sites is 1. The van der Waals surface area contributed by atoms with E-state index in [1.165, 1.54) is 11.3 Å². The average molecular weight is 329 g/mol. The molecule has 120 valence electrons. The molecular weight excluding hydrogens is 310 g/mol. The molecule has 0 N–H and O–H groups in total. The summed E-state index contributed by atoms with van der Waals surface area (Å²) in [6.07, 6.45) is 0. The molecule has 0 atom stereocenters. The molecule has 0 aliphatic heterocycles. The predicted octanol–water partition coefficient (Wildman–Crippen LogP) is 2.58. The van der Waals surface area contributed by atoms with Gasteiger partial charge in [-0.25, -0.2) is 4.98 Å². The first-order valence-electron chi connectivity index (χ1n) is 7.46. The number of ether oxygens (including phenoxy) is 1. The molecule has 0 aliphatic rings. The second-order valence-electron chi connectivity index (χ2n) is 5.48. The van der Waals surface area contributed by atoms with Crippen LogP contribution in [0.25, 0.3) is 4.96 Å². The van der Waals surface area contributed by atoms with Crippen LogP contribution in [0.15, 0.2) is 46.6 Å². The number of hydrogen-bond acceptors (Lipinski definition) is 5. The van der Waals surface area contributed by atoms with Gasteiger partial charge >= 0.3 is 0 Å². The van der Waals surface area contributed by atoms with Crippen LogP contribution in [0.1, 0.15) is 11.4 Å². The highest BCUT2D eigenvalue weighted by Crippen LogP contribution is 2.12. The number of aryl methyl sites for hydroxylation is 1. The van der Waals surface area contributed by atoms with Crippen molar-refractivity contribution in [3.05, 3.63) is 63.5 Å². The van der Waals surface area contributed by atoms with Crippen molar-refractivity contribution in [2.75, 3.05) is 20.2 Å². The van der Waals surface area contributed by atoms with Crippen molar-refractivity contribution < 1.29 is 4.74 Å². The summed E-state index contributed by atoms with van der Waals surface area (Å²) < 4.78 is 7.33. The fraction of sp³-hybridized carbons (Fsp3) is 0.294. The third-order valence-corrected chi connectivity index (χ3v) is 4.49. The van der Waals surface area contributed by atoms with Crippen LogP contribution < -0.4 is 10.3 Å². The maximum Gasteiger partial charge on any atom is 0.259 e. The quantitative estimate of drug-likeness (QED) is 0.697. The van der Waals surface area contributed by atoms with Crippen LogP contribution in [0.3, 0.4) is 0 Å². The first kappa shape index (κ1) is 15.7. The van der Waals surface area contributed by atoms with E-state index in [1.54, 1.807) is 10.5 Å². The number of likely N-dealkylation sites (N-methyl/N-ethyl adjacent to an activating group) is 1. The summed E-state index contributed by atoms with van der Waals surface area (Å²) in [5.74, 6) is 0.868. The first-order valence-corrected chi connectivity index (χ1v) is 8.34. The zero-order valence-corrected chi connectivity index (χ0v) is 14.0. The Morgan fingerprint density at radius 1 is 1.30 bits per heavy atom. The summed E-state index contributed by atoms with van der Waals surface area (Å²) in [6.45, 7) is 3.90. The van der Waals surface area contributed by atoms with Crippen LogP contribution in [0, 0.1) is 6.92 Å². The van der Waals surface area contributed by atoms with Crippen LogP contribution in [0.5, 0.6) is 5.75 Å². The molecule has 0 spiro atoms. The Morgan fingerprint density at radius 3 is 2.87 bits per heavy atom. The number of aromatic nitrogens is 2. The van der Waals surface area contributed by atoms with Crippen LogP contribution in [-0.4, -0.2) is 34.5 Å². The lowest BCUT2D eigenvalue weighted by atomic mass is 10.3. The molecule has 0 bridgehead atoms. The first-order chi connectivity index (χ1) is 11.1. The van der Waals surface area contributed by atoms with Gasteiger partial charge in [-0.2, -0.15) is 0 Å². The molecule has 3 aromatic rings. The zero-order chi connectivity index (χ0) is 16.2. The van der Waals surface area contributed by atoms with Gasteiger partial charge in [-0.3, -0.25) is 14.1 Å². The van der Waals surface area contributed by atoms with Gasteiger partial charge < -0.3 is 4.74 Å². The molecule has 2 aromatic heterocycles. The van der Waals surface area contributed by atoms with Crippen molar-refractivity contribution >= 4 is 16.3 Å². The summed E-state index contributed by atoms with van der Waals surface area (Å²) in [4.78, 5) is 19.6. The highest BCUT2D eigenvalue weighted by molar-refractivity contribution is 7.15. The summed E-state index contributed by atoms with van der Waals surface area (Å²) >= 11 is 1.49. The molecule has 5 nitrogen and oxygen atoms in total. The fourth-order valence-electron chi connectivity index (χ4n) is 2.37. The summed E-state index contributed by atoms with van der Waals surface area (Å²) in [6, 6.07) is 11.4. The fourth-order valence-corrected chi connectivity index (χ4v) is 3.26. The van der Waals surface area contributed by atoms with E-state index >= 15 is 0 Å². The number of nitrogens with zero attached hydrogens (tertiary/aromatic N) is 3. The van der Waals surface area contributed by atoms with Crippen molar-refractivity contribution in [1.82, 2.24) is 14.3 Å². The Bertz CT molecular complexity index is 842. The molecule has 0 saturated carbocycles. The van der Waals surface area contributed by atoms with Gasteiger partial charge in [0.05, 0.1) is 5.69 Å². The largest absolute Gasteiger partial charge is 0.492 e. The van der Waals surface area contributed by atoms with Crippen LogP contribution >= 0.6 is 11.3 Å². The van der Waals surface area contributed by atoms with E-state index < -0.39 is 0 Å². The van der Waals surface area contributed by atoms with E-state index in [2.05, 4.69) is 9.88 Å². The molecule has 0 aliphatic carbocycles. The van der Waals surface area contributed by atoms with Gasteiger partial charge in [0.25, 0.3) is 5.56 Å². The van der Waals surface area contributed by atoms with Crippen molar-refractivity contribution in [1.29, 1.82) is 0 Å². The van der Waals surface area contributed by atoms with Gasteiger partial charge in [0.2, 0.25) is 0 Å². The third kappa shape index (κ3) is 3.78. The maximum absolute atomic E-state index is 12.1. The van der Waals surface area contributed by atoms with E-state index in [-0.39, 0.29) is 5.56 Å². The number of hydrogen-bond donors (Lipinski definition) is 0. The average Bonchev–Trinajstić information content (AvgIpc) is 2.90. The Labute approximate surface area is 138 Å². The molecule has 0 fully saturated rings. The van der Waals surface area contributed by atoms with Crippen LogP contribution in [0.4, 0.5) is 0 Å². The Morgan fingerprint density at radius 2 is 2.09 bits per heavy atom. The van der Waals surface area contributed by atoms with Gasteiger partial charge in [-0.15, -0.1) is 11.3 Å². The predicted molar refractivity (Wildman–Crippen MR) is 92.3 cm³/mol. The lowest BCUT2D eigenvalue weighted by Crippen LogP contribution is -2.25. The number of rotatable bonds is 6. The molecular formula is C17H19N3O2S. The van der Waals surface area contributed by atoms with Gasteiger partial charge in [-0.1, -0.05) is 18.2 Å². The summed E-state index contributed by atoms with van der Waals surface area (Å²) in [5, 5.41) is 1.95. The van der Waals surface area contributed by atoms with E-state index in [0.29, 0.717) is 13.2 Å². The van der Waals surface area contributed by atoms with Crippen molar-refractivity contribution in [2.24, 2.45) is 0 Å². The normalized spacial score (nSPS) is 11.3. The maximum atomic E-state index is 12.1. The van der Waals surface area contributed by atoms with Gasteiger partial charge in [0.1, 0.15) is 12.4 Å². The number of thiazole rings is 1. The van der Waals surface area contributed by atoms with E-state index in [4.69, 9.17) is 4.74 Å². The van der Waals surface area contributed by atoms with Crippen LogP contribution in [-0.2, 0) is 6.54 Å². The van der Waals surface area contributed by atoms with Gasteiger partial charge in [0.15, 0.2) is 4.96 Å².